The maximum atomic E-state index is 12.2. The molecular formula is C21H27N3O2. The van der Waals surface area contributed by atoms with Crippen molar-refractivity contribution in [2.24, 2.45) is 0 Å². The molecule has 1 fully saturated rings. The average Bonchev–Trinajstić information content (AvgIpc) is 3.14. The van der Waals surface area contributed by atoms with Crippen molar-refractivity contribution in [3.8, 4) is 5.88 Å². The van der Waals surface area contributed by atoms with Gasteiger partial charge in [-0.3, -0.25) is 9.69 Å². The molecular weight excluding hydrogens is 326 g/mol. The first kappa shape index (κ1) is 18.4. The Hall–Kier alpha value is -2.40. The molecule has 1 aromatic carbocycles. The summed E-state index contributed by atoms with van der Waals surface area (Å²) < 4.78 is 5.92. The molecule has 1 heterocycles. The lowest BCUT2D eigenvalue weighted by molar-refractivity contribution is -0.122. The van der Waals surface area contributed by atoms with Crippen molar-refractivity contribution in [2.45, 2.75) is 44.9 Å². The Morgan fingerprint density at radius 2 is 1.96 bits per heavy atom. The first-order chi connectivity index (χ1) is 12.7. The van der Waals surface area contributed by atoms with E-state index in [1.807, 2.05) is 42.3 Å². The number of amides is 1. The summed E-state index contributed by atoms with van der Waals surface area (Å²) in [5.41, 5.74) is 2.21. The molecule has 5 nitrogen and oxygen atoms in total. The zero-order chi connectivity index (χ0) is 18.2. The number of rotatable bonds is 8. The smallest absolute Gasteiger partial charge is 0.234 e. The number of benzene rings is 1. The number of hydrogen-bond donors (Lipinski definition) is 1. The second-order valence-electron chi connectivity index (χ2n) is 6.96. The van der Waals surface area contributed by atoms with Crippen molar-refractivity contribution in [1.82, 2.24) is 15.2 Å². The van der Waals surface area contributed by atoms with Gasteiger partial charge in [0.2, 0.25) is 11.8 Å². The minimum absolute atomic E-state index is 0.0125. The molecule has 1 aliphatic rings. The molecule has 0 radical (unpaired) electrons. The van der Waals surface area contributed by atoms with Crippen molar-refractivity contribution < 1.29 is 9.53 Å². The van der Waals surface area contributed by atoms with Crippen LogP contribution in [0.1, 0.15) is 36.8 Å². The molecule has 1 saturated carbocycles. The molecule has 3 rings (SSSR count). The molecule has 26 heavy (non-hydrogen) atoms. The Labute approximate surface area is 155 Å². The molecule has 0 saturated heterocycles. The highest BCUT2D eigenvalue weighted by molar-refractivity contribution is 5.77. The number of hydrogen-bond acceptors (Lipinski definition) is 4. The molecule has 1 aliphatic carbocycles. The number of carbonyl (C=O) groups excluding carboxylic acids is 1. The van der Waals surface area contributed by atoms with E-state index in [4.69, 9.17) is 4.74 Å². The summed E-state index contributed by atoms with van der Waals surface area (Å²) in [6, 6.07) is 14.0. The third kappa shape index (κ3) is 5.85. The normalized spacial score (nSPS) is 14.5. The van der Waals surface area contributed by atoms with Gasteiger partial charge in [0.15, 0.2) is 0 Å². The van der Waals surface area contributed by atoms with Gasteiger partial charge in [0, 0.05) is 25.4 Å². The molecule has 1 amide bonds. The number of nitrogens with zero attached hydrogens (tertiary/aromatic N) is 2. The summed E-state index contributed by atoms with van der Waals surface area (Å²) in [7, 11) is 1.95. The Balaban J connectivity index is 1.43. The molecule has 1 N–H and O–H groups in total. The van der Waals surface area contributed by atoms with E-state index in [9.17, 15) is 4.79 Å². The van der Waals surface area contributed by atoms with Crippen molar-refractivity contribution in [2.75, 3.05) is 13.6 Å². The standard InChI is InChI=1S/C21H27N3O2/c1-24(15-17-7-3-2-4-8-17)16-20(25)23-14-18-11-12-22-21(13-18)26-19-9-5-6-10-19/h2-4,7-8,11-13,19H,5-6,9-10,14-16H2,1H3,(H,23,25). The fraction of sp³-hybridized carbons (Fsp3) is 0.429. The lowest BCUT2D eigenvalue weighted by atomic mass is 10.2. The minimum Gasteiger partial charge on any atom is -0.474 e. The second kappa shape index (κ2) is 9.34. The third-order valence-corrected chi connectivity index (χ3v) is 4.59. The number of nitrogens with one attached hydrogen (secondary N) is 1. The molecule has 2 aromatic rings. The Bertz CT molecular complexity index is 699. The lowest BCUT2D eigenvalue weighted by Gasteiger charge is -2.16. The van der Waals surface area contributed by atoms with Crippen LogP contribution in [-0.2, 0) is 17.9 Å². The summed E-state index contributed by atoms with van der Waals surface area (Å²) in [6.45, 7) is 1.61. The Morgan fingerprint density at radius 1 is 1.19 bits per heavy atom. The zero-order valence-corrected chi connectivity index (χ0v) is 15.4. The largest absolute Gasteiger partial charge is 0.474 e. The highest BCUT2D eigenvalue weighted by atomic mass is 16.5. The number of likely N-dealkylation sites (N-methyl/N-ethyl adjacent to an activating group) is 1. The summed E-state index contributed by atoms with van der Waals surface area (Å²) >= 11 is 0. The van der Waals surface area contributed by atoms with Crippen LogP contribution < -0.4 is 10.1 Å². The topological polar surface area (TPSA) is 54.5 Å². The number of pyridine rings is 1. The molecule has 0 spiro atoms. The molecule has 0 unspecified atom stereocenters. The van der Waals surface area contributed by atoms with E-state index in [0.717, 1.165) is 24.9 Å². The van der Waals surface area contributed by atoms with E-state index in [1.165, 1.54) is 18.4 Å². The molecule has 138 valence electrons. The highest BCUT2D eigenvalue weighted by Crippen LogP contribution is 2.23. The first-order valence-electron chi connectivity index (χ1n) is 9.30. The quantitative estimate of drug-likeness (QED) is 0.792. The molecule has 0 aliphatic heterocycles. The molecule has 1 aromatic heterocycles. The molecule has 0 bridgehead atoms. The van der Waals surface area contributed by atoms with Gasteiger partial charge in [-0.05, 0) is 49.9 Å². The van der Waals surface area contributed by atoms with Crippen molar-refractivity contribution in [3.63, 3.8) is 0 Å². The van der Waals surface area contributed by atoms with Gasteiger partial charge in [0.1, 0.15) is 6.10 Å². The average molecular weight is 353 g/mol. The number of ether oxygens (including phenoxy) is 1. The number of carbonyl (C=O) groups is 1. The predicted molar refractivity (Wildman–Crippen MR) is 102 cm³/mol. The monoisotopic (exact) mass is 353 g/mol. The maximum absolute atomic E-state index is 12.2. The Kier molecular flexibility index (Phi) is 6.61. The lowest BCUT2D eigenvalue weighted by Crippen LogP contribution is -2.34. The van der Waals surface area contributed by atoms with Gasteiger partial charge in [-0.2, -0.15) is 0 Å². The minimum atomic E-state index is 0.0125. The van der Waals surface area contributed by atoms with Crippen LogP contribution in [0.3, 0.4) is 0 Å². The summed E-state index contributed by atoms with van der Waals surface area (Å²) in [5.74, 6) is 0.670. The number of aromatic nitrogens is 1. The van der Waals surface area contributed by atoms with Gasteiger partial charge < -0.3 is 10.1 Å². The molecule has 0 atom stereocenters. The van der Waals surface area contributed by atoms with Crippen LogP contribution >= 0.6 is 0 Å². The van der Waals surface area contributed by atoms with E-state index >= 15 is 0 Å². The van der Waals surface area contributed by atoms with Crippen LogP contribution in [-0.4, -0.2) is 35.5 Å². The Morgan fingerprint density at radius 3 is 2.73 bits per heavy atom. The van der Waals surface area contributed by atoms with Crippen molar-refractivity contribution in [1.29, 1.82) is 0 Å². The van der Waals surface area contributed by atoms with Crippen molar-refractivity contribution >= 4 is 5.91 Å². The SMILES string of the molecule is CN(CC(=O)NCc1ccnc(OC2CCCC2)c1)Cc1ccccc1. The van der Waals surface area contributed by atoms with E-state index in [1.54, 1.807) is 6.20 Å². The van der Waals surface area contributed by atoms with Gasteiger partial charge in [0.05, 0.1) is 6.54 Å². The van der Waals surface area contributed by atoms with Crippen LogP contribution in [0.4, 0.5) is 0 Å². The summed E-state index contributed by atoms with van der Waals surface area (Å²) in [4.78, 5) is 18.5. The van der Waals surface area contributed by atoms with Gasteiger partial charge in [-0.25, -0.2) is 4.98 Å². The predicted octanol–water partition coefficient (Wildman–Crippen LogP) is 3.15. The third-order valence-electron chi connectivity index (χ3n) is 4.59. The fourth-order valence-corrected chi connectivity index (χ4v) is 3.25. The van der Waals surface area contributed by atoms with Gasteiger partial charge in [-0.1, -0.05) is 30.3 Å². The van der Waals surface area contributed by atoms with Gasteiger partial charge in [0.25, 0.3) is 0 Å². The van der Waals surface area contributed by atoms with Crippen LogP contribution in [0.2, 0.25) is 0 Å². The second-order valence-corrected chi connectivity index (χ2v) is 6.96. The summed E-state index contributed by atoms with van der Waals surface area (Å²) in [6.07, 6.45) is 6.72. The van der Waals surface area contributed by atoms with Crippen LogP contribution in [0.5, 0.6) is 5.88 Å². The van der Waals surface area contributed by atoms with Gasteiger partial charge in [-0.15, -0.1) is 0 Å². The van der Waals surface area contributed by atoms with Crippen LogP contribution in [0, 0.1) is 0 Å². The van der Waals surface area contributed by atoms with E-state index < -0.39 is 0 Å². The van der Waals surface area contributed by atoms with Crippen LogP contribution in [0.25, 0.3) is 0 Å². The zero-order valence-electron chi connectivity index (χ0n) is 15.4. The maximum Gasteiger partial charge on any atom is 0.234 e. The van der Waals surface area contributed by atoms with E-state index in [2.05, 4.69) is 22.4 Å². The molecule has 5 heteroatoms. The van der Waals surface area contributed by atoms with Crippen LogP contribution in [0.15, 0.2) is 48.7 Å². The van der Waals surface area contributed by atoms with Gasteiger partial charge >= 0.3 is 0 Å². The van der Waals surface area contributed by atoms with E-state index in [-0.39, 0.29) is 5.91 Å². The summed E-state index contributed by atoms with van der Waals surface area (Å²) in [5, 5.41) is 2.97. The first-order valence-corrected chi connectivity index (χ1v) is 9.30. The fourth-order valence-electron chi connectivity index (χ4n) is 3.25. The van der Waals surface area contributed by atoms with Crippen molar-refractivity contribution in [3.05, 3.63) is 59.8 Å². The highest BCUT2D eigenvalue weighted by Gasteiger charge is 2.17. The van der Waals surface area contributed by atoms with E-state index in [0.29, 0.717) is 25.1 Å².